The van der Waals surface area contributed by atoms with Crippen molar-refractivity contribution < 1.29 is 18.3 Å². The lowest BCUT2D eigenvalue weighted by atomic mass is 9.99. The van der Waals surface area contributed by atoms with E-state index in [9.17, 15) is 13.6 Å². The Balaban J connectivity index is 0. The van der Waals surface area contributed by atoms with Gasteiger partial charge in [-0.15, -0.1) is 0 Å². The molecule has 0 radical (unpaired) electrons. The molecule has 0 spiro atoms. The highest BCUT2D eigenvalue weighted by Gasteiger charge is 2.12. The van der Waals surface area contributed by atoms with Crippen LogP contribution in [-0.2, 0) is 11.2 Å². The Morgan fingerprint density at radius 3 is 1.92 bits per heavy atom. The van der Waals surface area contributed by atoms with Gasteiger partial charge in [0.05, 0.1) is 0 Å². The second-order valence-electron chi connectivity index (χ2n) is 10.6. The zero-order valence-electron chi connectivity index (χ0n) is 25.8. The lowest BCUT2D eigenvalue weighted by Crippen LogP contribution is -2.31. The summed E-state index contributed by atoms with van der Waals surface area (Å²) in [5.41, 5.74) is 5.92. The number of carbonyl (C=O) groups excluding carboxylic acids is 1. The minimum absolute atomic E-state index is 0.167. The number of Topliss-reactive ketones (excluding diaryl/α,β-unsaturated/α-hetero) is 1. The molecule has 3 nitrogen and oxygen atoms in total. The molecule has 216 valence electrons. The van der Waals surface area contributed by atoms with Crippen molar-refractivity contribution >= 4 is 11.5 Å². The fourth-order valence-corrected chi connectivity index (χ4v) is 3.14. The quantitative estimate of drug-likeness (QED) is 0.348. The van der Waals surface area contributed by atoms with Crippen LogP contribution in [0.3, 0.4) is 0 Å². The van der Waals surface area contributed by atoms with E-state index in [4.69, 9.17) is 0 Å². The van der Waals surface area contributed by atoms with Crippen LogP contribution in [0.25, 0.3) is 5.70 Å². The van der Waals surface area contributed by atoms with E-state index in [1.807, 2.05) is 13.0 Å². The van der Waals surface area contributed by atoms with Gasteiger partial charge < -0.3 is 14.8 Å². The molecule has 2 rings (SSSR count). The molecule has 2 aromatic rings. The molecule has 1 unspecified atom stereocenters. The maximum atomic E-state index is 11.8. The Morgan fingerprint density at radius 2 is 1.50 bits per heavy atom. The van der Waals surface area contributed by atoms with Gasteiger partial charge in [-0.3, -0.25) is 0 Å². The highest BCUT2D eigenvalue weighted by Crippen LogP contribution is 2.18. The molecule has 0 amide bonds. The minimum Gasteiger partial charge on any atom is -0.435 e. The molecule has 0 aliphatic rings. The van der Waals surface area contributed by atoms with E-state index in [2.05, 4.69) is 90.2 Å². The number of benzene rings is 2. The van der Waals surface area contributed by atoms with E-state index >= 15 is 0 Å². The third-order valence-electron chi connectivity index (χ3n) is 5.12. The van der Waals surface area contributed by atoms with E-state index in [1.54, 1.807) is 12.1 Å². The number of aryl methyl sites for hydroxylation is 3. The second kappa shape index (κ2) is 21.3. The van der Waals surface area contributed by atoms with Crippen molar-refractivity contribution in [1.82, 2.24) is 5.32 Å². The van der Waals surface area contributed by atoms with E-state index in [-0.39, 0.29) is 11.5 Å². The molecule has 5 heteroatoms. The van der Waals surface area contributed by atoms with Crippen molar-refractivity contribution in [1.29, 1.82) is 0 Å². The summed E-state index contributed by atoms with van der Waals surface area (Å²) in [7, 11) is 0. The van der Waals surface area contributed by atoms with E-state index in [0.29, 0.717) is 12.0 Å². The molecule has 0 bridgehead atoms. The molecular formula is C33H53F2NO2. The topological polar surface area (TPSA) is 38.3 Å². The Bertz CT molecular complexity index is 916. The van der Waals surface area contributed by atoms with Gasteiger partial charge in [0.2, 0.25) is 0 Å². The van der Waals surface area contributed by atoms with Crippen LogP contribution in [0.5, 0.6) is 5.75 Å². The van der Waals surface area contributed by atoms with Gasteiger partial charge in [-0.2, -0.15) is 8.78 Å². The maximum absolute atomic E-state index is 11.8. The fraction of sp³-hybridized carbons (Fsp3) is 0.545. The van der Waals surface area contributed by atoms with Crippen molar-refractivity contribution in [3.05, 3.63) is 71.3 Å². The molecule has 0 aliphatic heterocycles. The molecule has 0 fully saturated rings. The summed E-state index contributed by atoms with van der Waals surface area (Å²) in [6.07, 6.45) is 3.01. The Morgan fingerprint density at radius 1 is 0.947 bits per heavy atom. The average molecular weight is 534 g/mol. The number of carbonyl (C=O) groups is 1. The van der Waals surface area contributed by atoms with Crippen molar-refractivity contribution in [3.63, 3.8) is 0 Å². The molecule has 0 saturated carbocycles. The third kappa shape index (κ3) is 20.4. The van der Waals surface area contributed by atoms with Gasteiger partial charge in [0.15, 0.2) is 0 Å². The van der Waals surface area contributed by atoms with Gasteiger partial charge in [-0.1, -0.05) is 85.7 Å². The predicted octanol–water partition coefficient (Wildman–Crippen LogP) is 9.80. The van der Waals surface area contributed by atoms with E-state index < -0.39 is 6.61 Å². The number of ether oxygens (including phenoxy) is 1. The van der Waals surface area contributed by atoms with Crippen LogP contribution in [0.15, 0.2) is 49.0 Å². The van der Waals surface area contributed by atoms with Gasteiger partial charge in [-0.05, 0) is 92.8 Å². The fourth-order valence-electron chi connectivity index (χ4n) is 3.14. The van der Waals surface area contributed by atoms with Crippen molar-refractivity contribution in [2.24, 2.45) is 11.8 Å². The summed E-state index contributed by atoms with van der Waals surface area (Å²) in [6.45, 7) is 24.0. The molecule has 0 aliphatic carbocycles. The SMILES string of the molecule is C=C(NC(CC)C(C)C)c1ccc(C)c(C)c1.CC(C)=O.CC(C)C.CCCc1cccc(OC(F)F)c1. The molecular weight excluding hydrogens is 480 g/mol. The third-order valence-corrected chi connectivity index (χ3v) is 5.12. The lowest BCUT2D eigenvalue weighted by Gasteiger charge is -2.23. The monoisotopic (exact) mass is 533 g/mol. The van der Waals surface area contributed by atoms with Gasteiger partial charge >= 0.3 is 6.61 Å². The van der Waals surface area contributed by atoms with Crippen LogP contribution in [0.4, 0.5) is 8.78 Å². The van der Waals surface area contributed by atoms with Crippen LogP contribution >= 0.6 is 0 Å². The maximum Gasteiger partial charge on any atom is 0.387 e. The number of alkyl halides is 2. The average Bonchev–Trinajstić information content (AvgIpc) is 2.78. The first kappa shape index (κ1) is 37.5. The molecule has 38 heavy (non-hydrogen) atoms. The summed E-state index contributed by atoms with van der Waals surface area (Å²) < 4.78 is 27.9. The van der Waals surface area contributed by atoms with Gasteiger partial charge in [-0.25, -0.2) is 0 Å². The zero-order valence-corrected chi connectivity index (χ0v) is 25.8. The van der Waals surface area contributed by atoms with Gasteiger partial charge in [0.25, 0.3) is 0 Å². The summed E-state index contributed by atoms with van der Waals surface area (Å²) >= 11 is 0. The smallest absolute Gasteiger partial charge is 0.387 e. The van der Waals surface area contributed by atoms with Crippen LogP contribution in [0.2, 0.25) is 0 Å². The highest BCUT2D eigenvalue weighted by molar-refractivity contribution is 5.72. The zero-order chi connectivity index (χ0) is 29.8. The molecule has 0 heterocycles. The molecule has 0 saturated heterocycles. The Hall–Kier alpha value is -2.69. The molecule has 2 aromatic carbocycles. The van der Waals surface area contributed by atoms with Crippen molar-refractivity contribution in [3.8, 4) is 5.75 Å². The molecule has 1 N–H and O–H groups in total. The lowest BCUT2D eigenvalue weighted by molar-refractivity contribution is -0.115. The van der Waals surface area contributed by atoms with Crippen LogP contribution in [-0.4, -0.2) is 18.4 Å². The highest BCUT2D eigenvalue weighted by atomic mass is 19.3. The van der Waals surface area contributed by atoms with Crippen LogP contribution < -0.4 is 10.1 Å². The summed E-state index contributed by atoms with van der Waals surface area (Å²) in [6, 6.07) is 13.8. The summed E-state index contributed by atoms with van der Waals surface area (Å²) in [4.78, 5) is 9.44. The molecule has 0 aromatic heterocycles. The minimum atomic E-state index is -2.74. The van der Waals surface area contributed by atoms with E-state index in [1.165, 1.54) is 36.6 Å². The number of nitrogens with one attached hydrogen (secondary N) is 1. The van der Waals surface area contributed by atoms with Gasteiger partial charge in [0.1, 0.15) is 11.5 Å². The number of hydrogen-bond donors (Lipinski definition) is 1. The predicted molar refractivity (Wildman–Crippen MR) is 161 cm³/mol. The number of hydrogen-bond acceptors (Lipinski definition) is 3. The standard InChI is InChI=1S/C16H25N.C10H12F2O.C4H10.C3H6O/c1-7-16(11(2)3)17-14(6)15-9-8-12(4)13(5)10-15;1-2-4-8-5-3-6-9(7-8)13-10(11)12;1-4(2)3;1-3(2)4/h8-11,16-17H,6-7H2,1-5H3;3,5-7,10H,2,4H2,1H3;4H,1-3H3;1-2H3. The summed E-state index contributed by atoms with van der Waals surface area (Å²) in [5.74, 6) is 1.87. The van der Waals surface area contributed by atoms with Gasteiger partial charge in [0, 0.05) is 11.7 Å². The summed E-state index contributed by atoms with van der Waals surface area (Å²) in [5, 5.41) is 3.53. The second-order valence-corrected chi connectivity index (χ2v) is 10.6. The Kier molecular flexibility index (Phi) is 21.0. The first-order chi connectivity index (χ1) is 17.6. The first-order valence-corrected chi connectivity index (χ1v) is 13.7. The first-order valence-electron chi connectivity index (χ1n) is 13.7. The largest absolute Gasteiger partial charge is 0.435 e. The number of rotatable bonds is 9. The van der Waals surface area contributed by atoms with Crippen LogP contribution in [0, 0.1) is 25.7 Å². The Labute approximate surface area is 232 Å². The van der Waals surface area contributed by atoms with Crippen LogP contribution in [0.1, 0.15) is 97.4 Å². The van der Waals surface area contributed by atoms with Crippen molar-refractivity contribution in [2.75, 3.05) is 0 Å². The normalized spacial score (nSPS) is 10.8. The van der Waals surface area contributed by atoms with Crippen molar-refractivity contribution in [2.45, 2.75) is 108 Å². The number of halogens is 2. The molecule has 1 atom stereocenters. The number of ketones is 1. The van der Waals surface area contributed by atoms with E-state index in [0.717, 1.165) is 36.4 Å².